The summed E-state index contributed by atoms with van der Waals surface area (Å²) in [5, 5.41) is 3.30. The lowest BCUT2D eigenvalue weighted by molar-refractivity contribution is 0.597. The molecule has 2 aromatic rings. The van der Waals surface area contributed by atoms with Gasteiger partial charge in [0, 0.05) is 6.42 Å². The zero-order valence-electron chi connectivity index (χ0n) is 23.0. The molecule has 3 atom stereocenters. The first-order valence-electron chi connectivity index (χ1n) is 11.5. The fourth-order valence-electron chi connectivity index (χ4n) is 2.25. The first-order chi connectivity index (χ1) is 16.9. The number of aromatic nitrogens is 2. The molecule has 2 rings (SSSR count). The summed E-state index contributed by atoms with van der Waals surface area (Å²) in [6.07, 6.45) is 8.61. The van der Waals surface area contributed by atoms with Crippen molar-refractivity contribution < 1.29 is 8.42 Å². The van der Waals surface area contributed by atoms with Gasteiger partial charge in [-0.2, -0.15) is 14.4 Å². The highest BCUT2D eigenvalue weighted by molar-refractivity contribution is 9.10. The van der Waals surface area contributed by atoms with Crippen LogP contribution in [0, 0.1) is 11.2 Å². The van der Waals surface area contributed by atoms with Gasteiger partial charge in [-0.25, -0.2) is 23.1 Å². The number of rotatable bonds is 6. The van der Waals surface area contributed by atoms with E-state index in [9.17, 15) is 8.42 Å². The van der Waals surface area contributed by atoms with Crippen LogP contribution in [-0.4, -0.2) is 52.9 Å². The standard InChI is InChI=1S/C16H25BrN2OS2.C10H13BrN2OS/c1-16(2,3)21(20)19-14(10-8-12-22(4,5)6)13-9-7-11-15(17)18-13;1-10(2,3)15(14)12-7-8-5-4-6-9(11)13-8/h7,9,11,14,19H,10H2,1-6H3;4-7H,1-3H3/t14-,21-;15-/m00/s1. The Kier molecular flexibility index (Phi) is 13.9. The van der Waals surface area contributed by atoms with E-state index in [-0.39, 0.29) is 15.5 Å². The predicted octanol–water partition coefficient (Wildman–Crippen LogP) is 6.71. The Morgan fingerprint density at radius 1 is 0.973 bits per heavy atom. The monoisotopic (exact) mass is 692 g/mol. The van der Waals surface area contributed by atoms with Crippen LogP contribution in [0.5, 0.6) is 0 Å². The van der Waals surface area contributed by atoms with Crippen LogP contribution >= 0.6 is 41.9 Å². The van der Waals surface area contributed by atoms with Gasteiger partial charge in [-0.05, 0) is 116 Å². The largest absolute Gasteiger partial charge is 0.244 e. The minimum atomic E-state index is -1.23. The van der Waals surface area contributed by atoms with E-state index >= 15 is 0 Å². The van der Waals surface area contributed by atoms with Gasteiger partial charge in [0.15, 0.2) is 0 Å². The normalized spacial score (nSPS) is 15.1. The van der Waals surface area contributed by atoms with Crippen molar-refractivity contribution in [1.82, 2.24) is 14.7 Å². The minimum absolute atomic E-state index is 0.146. The van der Waals surface area contributed by atoms with Crippen LogP contribution in [0.1, 0.15) is 65.4 Å². The van der Waals surface area contributed by atoms with E-state index in [0.717, 1.165) is 14.9 Å². The summed E-state index contributed by atoms with van der Waals surface area (Å²) in [6.45, 7) is 11.5. The van der Waals surface area contributed by atoms with E-state index in [1.807, 2.05) is 77.9 Å². The van der Waals surface area contributed by atoms with Crippen molar-refractivity contribution in [2.24, 2.45) is 4.40 Å². The van der Waals surface area contributed by atoms with E-state index in [4.69, 9.17) is 0 Å². The fourth-order valence-corrected chi connectivity index (χ4v) is 4.81. The van der Waals surface area contributed by atoms with Crippen LogP contribution in [0.15, 0.2) is 50.0 Å². The van der Waals surface area contributed by atoms with Crippen molar-refractivity contribution in [2.75, 3.05) is 18.8 Å². The van der Waals surface area contributed by atoms with Gasteiger partial charge in [0.05, 0.1) is 44.1 Å². The Balaban J connectivity index is 0.000000397. The molecule has 0 saturated carbocycles. The lowest BCUT2D eigenvalue weighted by Crippen LogP contribution is -2.36. The molecule has 0 bridgehead atoms. The number of nitrogens with zero attached hydrogens (tertiary/aromatic N) is 3. The lowest BCUT2D eigenvalue weighted by atomic mass is 10.1. The summed E-state index contributed by atoms with van der Waals surface area (Å²) in [6, 6.07) is 11.1. The van der Waals surface area contributed by atoms with E-state index in [1.165, 1.54) is 6.21 Å². The summed E-state index contributed by atoms with van der Waals surface area (Å²) in [5.41, 5.74) is 1.55. The Morgan fingerprint density at radius 3 is 2.03 bits per heavy atom. The highest BCUT2D eigenvalue weighted by Crippen LogP contribution is 2.32. The third-order valence-electron chi connectivity index (χ3n) is 4.12. The van der Waals surface area contributed by atoms with Gasteiger partial charge in [0.2, 0.25) is 0 Å². The second-order valence-corrected chi connectivity index (χ2v) is 20.2. The first-order valence-corrected chi connectivity index (χ1v) is 18.2. The maximum absolute atomic E-state index is 12.4. The summed E-state index contributed by atoms with van der Waals surface area (Å²) < 4.78 is 32.0. The summed E-state index contributed by atoms with van der Waals surface area (Å²) in [5.74, 6) is 3.23. The van der Waals surface area contributed by atoms with E-state index < -0.39 is 32.0 Å². The molecule has 1 N–H and O–H groups in total. The van der Waals surface area contributed by atoms with Gasteiger partial charge in [-0.3, -0.25) is 0 Å². The third-order valence-corrected chi connectivity index (χ3v) is 8.72. The smallest absolute Gasteiger partial charge is 0.144 e. The zero-order chi connectivity index (χ0) is 28.4. The first kappa shape index (κ1) is 34.1. The van der Waals surface area contributed by atoms with Gasteiger partial charge in [0.1, 0.15) is 20.2 Å². The minimum Gasteiger partial charge on any atom is -0.244 e. The molecule has 0 spiro atoms. The molecule has 0 aromatic carbocycles. The van der Waals surface area contributed by atoms with Crippen molar-refractivity contribution in [3.8, 4) is 11.2 Å². The average molecular weight is 695 g/mol. The number of hydrogen-bond donors (Lipinski definition) is 1. The maximum Gasteiger partial charge on any atom is 0.144 e. The summed E-state index contributed by atoms with van der Waals surface area (Å²) in [4.78, 5) is 8.64. The molecule has 0 aliphatic rings. The van der Waals surface area contributed by atoms with Crippen LogP contribution in [0.3, 0.4) is 0 Å². The van der Waals surface area contributed by atoms with Crippen LogP contribution in [0.4, 0.5) is 0 Å². The van der Waals surface area contributed by atoms with Crippen LogP contribution in [0.2, 0.25) is 0 Å². The molecule has 2 heterocycles. The number of halogens is 2. The highest BCUT2D eigenvalue weighted by atomic mass is 79.9. The molecule has 0 aliphatic heterocycles. The van der Waals surface area contributed by atoms with Gasteiger partial charge >= 0.3 is 0 Å². The lowest BCUT2D eigenvalue weighted by Gasteiger charge is -2.23. The second kappa shape index (κ2) is 15.0. The van der Waals surface area contributed by atoms with Crippen molar-refractivity contribution in [2.45, 2.75) is 63.5 Å². The molecule has 2 aromatic heterocycles. The number of nitrogens with one attached hydrogen (secondary N) is 1. The van der Waals surface area contributed by atoms with Gasteiger partial charge in [-0.15, -0.1) is 0 Å². The maximum atomic E-state index is 12.4. The second-order valence-electron chi connectivity index (χ2n) is 10.7. The van der Waals surface area contributed by atoms with Crippen molar-refractivity contribution >= 4 is 70.1 Å². The van der Waals surface area contributed by atoms with Gasteiger partial charge in [0.25, 0.3) is 0 Å². The highest BCUT2D eigenvalue weighted by Gasteiger charge is 2.24. The molecule has 0 saturated heterocycles. The molecule has 0 radical (unpaired) electrons. The molecule has 0 unspecified atom stereocenters. The van der Waals surface area contributed by atoms with Crippen LogP contribution in [0.25, 0.3) is 0 Å². The van der Waals surface area contributed by atoms with Crippen molar-refractivity contribution in [3.05, 3.63) is 57.0 Å². The molecule has 37 heavy (non-hydrogen) atoms. The van der Waals surface area contributed by atoms with Crippen molar-refractivity contribution in [3.63, 3.8) is 0 Å². The summed E-state index contributed by atoms with van der Waals surface area (Å²) >= 11 is 6.65. The third kappa shape index (κ3) is 14.7. The predicted molar refractivity (Wildman–Crippen MR) is 171 cm³/mol. The Hall–Kier alpha value is -0.900. The quantitative estimate of drug-likeness (QED) is 0.207. The molecule has 0 fully saturated rings. The molecule has 11 heteroatoms. The zero-order valence-corrected chi connectivity index (χ0v) is 28.6. The topological polar surface area (TPSA) is 84.3 Å². The SMILES string of the molecule is CC(C)(C)[S@](=O)N=Cc1cccc(Br)n1.CC(C)(C)[S@](=O)N[C@@H](CC#CS(C)(C)C)c1cccc(Br)n1. The van der Waals surface area contributed by atoms with Crippen LogP contribution in [-0.2, 0) is 22.0 Å². The van der Waals surface area contributed by atoms with E-state index in [0.29, 0.717) is 12.1 Å². The van der Waals surface area contributed by atoms with E-state index in [1.54, 1.807) is 0 Å². The molecular weight excluding hydrogens is 656 g/mol. The van der Waals surface area contributed by atoms with E-state index in [2.05, 4.69) is 80.9 Å². The van der Waals surface area contributed by atoms with Crippen molar-refractivity contribution in [1.29, 1.82) is 0 Å². The molecular formula is C26H38Br2N4O2S3. The Labute approximate surface area is 246 Å². The van der Waals surface area contributed by atoms with Gasteiger partial charge in [-0.1, -0.05) is 23.3 Å². The molecule has 6 nitrogen and oxygen atoms in total. The average Bonchev–Trinajstić information content (AvgIpc) is 2.75. The molecule has 0 amide bonds. The number of hydrogen-bond acceptors (Lipinski definition) is 4. The Morgan fingerprint density at radius 2 is 1.54 bits per heavy atom. The Bertz CT molecular complexity index is 1180. The molecule has 0 aliphatic carbocycles. The summed E-state index contributed by atoms with van der Waals surface area (Å²) in [7, 11) is -3.26. The van der Waals surface area contributed by atoms with Crippen LogP contribution < -0.4 is 4.72 Å². The molecule has 206 valence electrons. The fraction of sp³-hybridized carbons (Fsp3) is 0.500. The van der Waals surface area contributed by atoms with Gasteiger partial charge < -0.3 is 0 Å². The number of pyridine rings is 2.